The topological polar surface area (TPSA) is 107 Å². The molecule has 3 aromatic rings. The number of H-pyrrole nitrogens is 1. The molecule has 0 radical (unpaired) electrons. The fourth-order valence-corrected chi connectivity index (χ4v) is 2.51. The summed E-state index contributed by atoms with van der Waals surface area (Å²) in [4.78, 5) is 18.3. The molecule has 0 aliphatic heterocycles. The van der Waals surface area contributed by atoms with Crippen molar-refractivity contribution in [3.63, 3.8) is 0 Å². The minimum absolute atomic E-state index is 0.127. The van der Waals surface area contributed by atoms with Gasteiger partial charge in [-0.1, -0.05) is 11.8 Å². The van der Waals surface area contributed by atoms with Gasteiger partial charge >= 0.3 is 0 Å². The number of carbonyl (C=O) groups is 1. The van der Waals surface area contributed by atoms with Crippen LogP contribution in [0.25, 0.3) is 22.1 Å². The smallest absolute Gasteiger partial charge is 0.227 e. The van der Waals surface area contributed by atoms with Crippen LogP contribution < -0.4 is 10.5 Å². The van der Waals surface area contributed by atoms with Gasteiger partial charge in [0.1, 0.15) is 11.3 Å². The number of benzene rings is 1. The Kier molecular flexibility index (Phi) is 3.61. The van der Waals surface area contributed by atoms with Crippen LogP contribution >= 0.6 is 11.8 Å². The highest BCUT2D eigenvalue weighted by molar-refractivity contribution is 7.99. The molecule has 108 valence electrons. The fourth-order valence-electron chi connectivity index (χ4n) is 1.99. The number of nitrogens with zero attached hydrogens (tertiary/aromatic N) is 3. The Balaban J connectivity index is 2.02. The summed E-state index contributed by atoms with van der Waals surface area (Å²) in [6, 6.07) is 5.71. The highest BCUT2D eigenvalue weighted by atomic mass is 32.2. The normalized spacial score (nSPS) is 11.1. The van der Waals surface area contributed by atoms with Gasteiger partial charge in [0.25, 0.3) is 0 Å². The molecule has 0 fully saturated rings. The number of nitrogens with two attached hydrogens (primary N) is 1. The van der Waals surface area contributed by atoms with Gasteiger partial charge < -0.3 is 15.5 Å². The molecular formula is C13H13N5O2S. The number of hydrogen-bond donors (Lipinski definition) is 2. The van der Waals surface area contributed by atoms with E-state index >= 15 is 0 Å². The molecule has 8 heteroatoms. The predicted molar refractivity (Wildman–Crippen MR) is 80.3 cm³/mol. The zero-order chi connectivity index (χ0) is 14.8. The molecule has 2 aromatic heterocycles. The molecular weight excluding hydrogens is 290 g/mol. The van der Waals surface area contributed by atoms with Gasteiger partial charge in [0.15, 0.2) is 5.65 Å². The van der Waals surface area contributed by atoms with E-state index in [0.29, 0.717) is 22.9 Å². The fraction of sp³-hybridized carbons (Fsp3) is 0.231. The summed E-state index contributed by atoms with van der Waals surface area (Å²) in [6.45, 7) is 2.54. The van der Waals surface area contributed by atoms with Gasteiger partial charge in [-0.05, 0) is 25.1 Å². The molecule has 3 rings (SSSR count). The van der Waals surface area contributed by atoms with Crippen LogP contribution in [0.3, 0.4) is 0 Å². The molecule has 0 spiro atoms. The highest BCUT2D eigenvalue weighted by Gasteiger charge is 2.11. The molecule has 1 aromatic carbocycles. The number of rotatable bonds is 5. The molecule has 0 saturated carbocycles. The third kappa shape index (κ3) is 2.75. The summed E-state index contributed by atoms with van der Waals surface area (Å²) in [6.07, 6.45) is 0. The van der Waals surface area contributed by atoms with Crippen molar-refractivity contribution in [3.8, 4) is 5.75 Å². The quantitative estimate of drug-likeness (QED) is 0.691. The average Bonchev–Trinajstić information content (AvgIpc) is 2.82. The number of amides is 1. The van der Waals surface area contributed by atoms with Crippen LogP contribution in [-0.4, -0.2) is 38.4 Å². The number of carbonyl (C=O) groups excluding carboxylic acids is 1. The van der Waals surface area contributed by atoms with Crippen molar-refractivity contribution in [3.05, 3.63) is 18.2 Å². The number of thioether (sulfide) groups is 1. The summed E-state index contributed by atoms with van der Waals surface area (Å²) in [5.74, 6) is 0.489. The lowest BCUT2D eigenvalue weighted by atomic mass is 10.2. The van der Waals surface area contributed by atoms with E-state index in [0.717, 1.165) is 28.4 Å². The Morgan fingerprint density at radius 1 is 1.43 bits per heavy atom. The van der Waals surface area contributed by atoms with Gasteiger partial charge in [0.2, 0.25) is 11.1 Å². The van der Waals surface area contributed by atoms with Crippen molar-refractivity contribution in [2.45, 2.75) is 12.1 Å². The van der Waals surface area contributed by atoms with Crippen molar-refractivity contribution in [1.29, 1.82) is 0 Å². The van der Waals surface area contributed by atoms with Crippen LogP contribution in [0.15, 0.2) is 23.4 Å². The van der Waals surface area contributed by atoms with Crippen LogP contribution in [-0.2, 0) is 4.79 Å². The number of aromatic amines is 1. The number of primary amides is 1. The van der Waals surface area contributed by atoms with Gasteiger partial charge in [0.05, 0.1) is 12.4 Å². The van der Waals surface area contributed by atoms with E-state index < -0.39 is 5.91 Å². The number of aromatic nitrogens is 4. The van der Waals surface area contributed by atoms with Crippen LogP contribution in [0.1, 0.15) is 6.92 Å². The summed E-state index contributed by atoms with van der Waals surface area (Å²) < 4.78 is 5.48. The minimum Gasteiger partial charge on any atom is -0.494 e. The van der Waals surface area contributed by atoms with Crippen LogP contribution in [0.4, 0.5) is 0 Å². The van der Waals surface area contributed by atoms with E-state index in [9.17, 15) is 4.79 Å². The minimum atomic E-state index is -0.415. The first-order chi connectivity index (χ1) is 10.2. The Hall–Kier alpha value is -2.35. The lowest BCUT2D eigenvalue weighted by Crippen LogP contribution is -2.13. The molecule has 3 N–H and O–H groups in total. The maximum atomic E-state index is 10.8. The lowest BCUT2D eigenvalue weighted by molar-refractivity contribution is -0.115. The summed E-state index contributed by atoms with van der Waals surface area (Å²) in [7, 11) is 0. The van der Waals surface area contributed by atoms with E-state index in [-0.39, 0.29) is 5.75 Å². The van der Waals surface area contributed by atoms with Gasteiger partial charge in [-0.15, -0.1) is 10.2 Å². The van der Waals surface area contributed by atoms with Gasteiger partial charge in [-0.2, -0.15) is 0 Å². The van der Waals surface area contributed by atoms with Gasteiger partial charge in [0, 0.05) is 10.9 Å². The third-order valence-electron chi connectivity index (χ3n) is 2.82. The van der Waals surface area contributed by atoms with E-state index in [1.54, 1.807) is 0 Å². The number of ether oxygens (including phenoxy) is 1. The second-order valence-electron chi connectivity index (χ2n) is 4.31. The van der Waals surface area contributed by atoms with Crippen molar-refractivity contribution < 1.29 is 9.53 Å². The Bertz CT molecular complexity index is 817. The molecule has 0 aliphatic rings. The SMILES string of the molecule is CCOc1ccc2[nH]c3nc(SCC(N)=O)nnc3c2c1. The second kappa shape index (κ2) is 5.57. The number of nitrogens with one attached hydrogen (secondary N) is 1. The monoisotopic (exact) mass is 303 g/mol. The molecule has 0 saturated heterocycles. The van der Waals surface area contributed by atoms with Crippen molar-refractivity contribution in [2.24, 2.45) is 5.73 Å². The Morgan fingerprint density at radius 3 is 3.05 bits per heavy atom. The van der Waals surface area contributed by atoms with Crippen molar-refractivity contribution >= 4 is 39.7 Å². The maximum absolute atomic E-state index is 10.8. The molecule has 21 heavy (non-hydrogen) atoms. The van der Waals surface area contributed by atoms with E-state index in [1.165, 1.54) is 0 Å². The average molecular weight is 303 g/mol. The Morgan fingerprint density at radius 2 is 2.29 bits per heavy atom. The standard InChI is InChI=1S/C13H13N5O2S/c1-2-20-7-3-4-9-8(5-7)11-12(15-9)16-13(18-17-11)21-6-10(14)19/h3-5H,2,6H2,1H3,(H2,14,19)(H,15,16,18). The van der Waals surface area contributed by atoms with Gasteiger partial charge in [-0.3, -0.25) is 4.79 Å². The second-order valence-corrected chi connectivity index (χ2v) is 5.25. The first-order valence-corrected chi connectivity index (χ1v) is 7.36. The number of fused-ring (bicyclic) bond motifs is 3. The number of hydrogen-bond acceptors (Lipinski definition) is 6. The molecule has 0 aliphatic carbocycles. The van der Waals surface area contributed by atoms with Crippen LogP contribution in [0, 0.1) is 0 Å². The summed E-state index contributed by atoms with van der Waals surface area (Å²) in [5.41, 5.74) is 7.31. The van der Waals surface area contributed by atoms with Crippen LogP contribution in [0.2, 0.25) is 0 Å². The van der Waals surface area contributed by atoms with E-state index in [1.807, 2.05) is 25.1 Å². The third-order valence-corrected chi connectivity index (χ3v) is 3.68. The molecule has 7 nitrogen and oxygen atoms in total. The van der Waals surface area contributed by atoms with Crippen molar-refractivity contribution in [1.82, 2.24) is 20.2 Å². The summed E-state index contributed by atoms with van der Waals surface area (Å²) in [5, 5.41) is 9.51. The first kappa shape index (κ1) is 13.6. The van der Waals surface area contributed by atoms with Crippen LogP contribution in [0.5, 0.6) is 5.75 Å². The zero-order valence-electron chi connectivity index (χ0n) is 11.3. The molecule has 0 bridgehead atoms. The lowest BCUT2D eigenvalue weighted by Gasteiger charge is -2.01. The first-order valence-electron chi connectivity index (χ1n) is 6.37. The summed E-state index contributed by atoms with van der Waals surface area (Å²) >= 11 is 1.16. The molecule has 0 unspecified atom stereocenters. The van der Waals surface area contributed by atoms with E-state index in [4.69, 9.17) is 10.5 Å². The molecule has 1 amide bonds. The van der Waals surface area contributed by atoms with E-state index in [2.05, 4.69) is 20.2 Å². The highest BCUT2D eigenvalue weighted by Crippen LogP contribution is 2.27. The predicted octanol–water partition coefficient (Wildman–Crippen LogP) is 1.48. The molecule has 2 heterocycles. The Labute approximate surface area is 124 Å². The zero-order valence-corrected chi connectivity index (χ0v) is 12.1. The maximum Gasteiger partial charge on any atom is 0.227 e. The van der Waals surface area contributed by atoms with Gasteiger partial charge in [-0.25, -0.2) is 4.98 Å². The van der Waals surface area contributed by atoms with Crippen molar-refractivity contribution in [2.75, 3.05) is 12.4 Å². The molecule has 0 atom stereocenters. The largest absolute Gasteiger partial charge is 0.494 e.